The predicted molar refractivity (Wildman–Crippen MR) is 69.7 cm³/mol. The Morgan fingerprint density at radius 2 is 1.94 bits per heavy atom. The van der Waals surface area contributed by atoms with Crippen LogP contribution in [0.2, 0.25) is 0 Å². The minimum absolute atomic E-state index is 0.732. The fraction of sp³-hybridized carbons (Fsp3) is 0.600. The van der Waals surface area contributed by atoms with Crippen LogP contribution in [0.1, 0.15) is 37.3 Å². The maximum atomic E-state index is 3.58. The van der Waals surface area contributed by atoms with Gasteiger partial charge in [-0.2, -0.15) is 0 Å². The molecule has 0 bridgehead atoms. The summed E-state index contributed by atoms with van der Waals surface area (Å²) in [6, 6.07) is 9.71. The van der Waals surface area contributed by atoms with Crippen molar-refractivity contribution in [1.29, 1.82) is 0 Å². The van der Waals surface area contributed by atoms with Gasteiger partial charge in [0, 0.05) is 6.04 Å². The molecule has 2 unspecified atom stereocenters. The molecule has 0 saturated carbocycles. The van der Waals surface area contributed by atoms with E-state index in [2.05, 4.69) is 43.4 Å². The Balaban J connectivity index is 1.77. The van der Waals surface area contributed by atoms with E-state index in [0.717, 1.165) is 12.0 Å². The van der Waals surface area contributed by atoms with E-state index in [1.807, 2.05) is 0 Å². The SMILES string of the molecule is Cc1ccc(CCC2CCC(C)NC2)cc1. The van der Waals surface area contributed by atoms with Gasteiger partial charge in [-0.15, -0.1) is 0 Å². The van der Waals surface area contributed by atoms with Crippen LogP contribution in [0.15, 0.2) is 24.3 Å². The molecule has 1 fully saturated rings. The zero-order valence-electron chi connectivity index (χ0n) is 10.5. The third-order valence-electron chi connectivity index (χ3n) is 3.72. The smallest absolute Gasteiger partial charge is 0.00389 e. The van der Waals surface area contributed by atoms with Crippen LogP contribution in [0.25, 0.3) is 0 Å². The van der Waals surface area contributed by atoms with E-state index in [9.17, 15) is 0 Å². The Morgan fingerprint density at radius 3 is 2.56 bits per heavy atom. The zero-order chi connectivity index (χ0) is 11.4. The van der Waals surface area contributed by atoms with Crippen LogP contribution in [0.4, 0.5) is 0 Å². The van der Waals surface area contributed by atoms with Crippen molar-refractivity contribution in [3.05, 3.63) is 35.4 Å². The highest BCUT2D eigenvalue weighted by atomic mass is 14.9. The minimum atomic E-state index is 0.732. The summed E-state index contributed by atoms with van der Waals surface area (Å²) >= 11 is 0. The number of aryl methyl sites for hydroxylation is 2. The van der Waals surface area contributed by atoms with E-state index in [0.29, 0.717) is 0 Å². The van der Waals surface area contributed by atoms with Gasteiger partial charge in [-0.25, -0.2) is 0 Å². The number of piperidine rings is 1. The lowest BCUT2D eigenvalue weighted by atomic mass is 9.90. The van der Waals surface area contributed by atoms with Crippen LogP contribution in [-0.4, -0.2) is 12.6 Å². The average molecular weight is 217 g/mol. The van der Waals surface area contributed by atoms with E-state index < -0.39 is 0 Å². The number of benzene rings is 1. The maximum Gasteiger partial charge on any atom is 0.00389 e. The number of rotatable bonds is 3. The van der Waals surface area contributed by atoms with Crippen molar-refractivity contribution in [3.63, 3.8) is 0 Å². The van der Waals surface area contributed by atoms with E-state index >= 15 is 0 Å². The third-order valence-corrected chi connectivity index (χ3v) is 3.72. The number of hydrogen-bond donors (Lipinski definition) is 1. The lowest BCUT2D eigenvalue weighted by molar-refractivity contribution is 0.309. The highest BCUT2D eigenvalue weighted by Gasteiger charge is 2.16. The molecular formula is C15H23N. The zero-order valence-corrected chi connectivity index (χ0v) is 10.5. The van der Waals surface area contributed by atoms with Gasteiger partial charge in [-0.05, 0) is 57.6 Å². The summed E-state index contributed by atoms with van der Waals surface area (Å²) in [7, 11) is 0. The van der Waals surface area contributed by atoms with Crippen LogP contribution in [0.3, 0.4) is 0 Å². The summed E-state index contributed by atoms with van der Waals surface area (Å²) in [5.74, 6) is 0.887. The first-order chi connectivity index (χ1) is 7.74. The molecule has 1 aromatic carbocycles. The van der Waals surface area contributed by atoms with Gasteiger partial charge in [-0.3, -0.25) is 0 Å². The highest BCUT2D eigenvalue weighted by molar-refractivity contribution is 5.21. The first-order valence-corrected chi connectivity index (χ1v) is 6.53. The molecule has 1 aliphatic rings. The van der Waals surface area contributed by atoms with Gasteiger partial charge in [0.25, 0.3) is 0 Å². The lowest BCUT2D eigenvalue weighted by Gasteiger charge is -2.27. The molecule has 1 saturated heterocycles. The Labute approximate surface area is 99.3 Å². The molecule has 0 radical (unpaired) electrons. The van der Waals surface area contributed by atoms with Crippen molar-refractivity contribution in [1.82, 2.24) is 5.32 Å². The Bertz CT molecular complexity index is 307. The third kappa shape index (κ3) is 3.34. The number of hydrogen-bond acceptors (Lipinski definition) is 1. The first-order valence-electron chi connectivity index (χ1n) is 6.53. The molecule has 0 spiro atoms. The summed E-state index contributed by atoms with van der Waals surface area (Å²) in [5, 5.41) is 3.58. The summed E-state index contributed by atoms with van der Waals surface area (Å²) in [5.41, 5.74) is 2.85. The molecule has 1 heteroatoms. The van der Waals surface area contributed by atoms with Crippen molar-refractivity contribution in [2.75, 3.05) is 6.54 Å². The molecule has 0 amide bonds. The van der Waals surface area contributed by atoms with Gasteiger partial charge >= 0.3 is 0 Å². The van der Waals surface area contributed by atoms with Crippen LogP contribution in [0, 0.1) is 12.8 Å². The molecule has 0 aliphatic carbocycles. The van der Waals surface area contributed by atoms with Gasteiger partial charge in [0.2, 0.25) is 0 Å². The molecule has 16 heavy (non-hydrogen) atoms. The molecule has 0 aromatic heterocycles. The second kappa shape index (κ2) is 5.49. The van der Waals surface area contributed by atoms with E-state index in [1.54, 1.807) is 0 Å². The fourth-order valence-corrected chi connectivity index (χ4v) is 2.43. The monoisotopic (exact) mass is 217 g/mol. The highest BCUT2D eigenvalue weighted by Crippen LogP contribution is 2.19. The normalized spacial score (nSPS) is 25.6. The van der Waals surface area contributed by atoms with Crippen molar-refractivity contribution in [2.24, 2.45) is 5.92 Å². The summed E-state index contributed by atoms with van der Waals surface area (Å²) in [6.45, 7) is 5.65. The molecule has 2 atom stereocenters. The largest absolute Gasteiger partial charge is 0.314 e. The van der Waals surface area contributed by atoms with E-state index in [4.69, 9.17) is 0 Å². The Kier molecular flexibility index (Phi) is 4.00. The lowest BCUT2D eigenvalue weighted by Crippen LogP contribution is -2.36. The predicted octanol–water partition coefficient (Wildman–Crippen LogP) is 3.32. The quantitative estimate of drug-likeness (QED) is 0.819. The van der Waals surface area contributed by atoms with Crippen LogP contribution in [0.5, 0.6) is 0 Å². The van der Waals surface area contributed by atoms with Crippen molar-refractivity contribution >= 4 is 0 Å². The summed E-state index contributed by atoms with van der Waals surface area (Å²) in [4.78, 5) is 0. The molecule has 1 aromatic rings. The average Bonchev–Trinajstić information content (AvgIpc) is 2.30. The van der Waals surface area contributed by atoms with E-state index in [-0.39, 0.29) is 0 Å². The van der Waals surface area contributed by atoms with Gasteiger partial charge in [0.05, 0.1) is 0 Å². The molecular weight excluding hydrogens is 194 g/mol. The second-order valence-corrected chi connectivity index (χ2v) is 5.28. The number of nitrogens with one attached hydrogen (secondary N) is 1. The molecule has 1 aliphatic heterocycles. The van der Waals surface area contributed by atoms with E-state index in [1.165, 1.54) is 43.4 Å². The first kappa shape index (κ1) is 11.7. The second-order valence-electron chi connectivity index (χ2n) is 5.28. The van der Waals surface area contributed by atoms with Crippen LogP contribution in [-0.2, 0) is 6.42 Å². The van der Waals surface area contributed by atoms with Gasteiger partial charge in [0.15, 0.2) is 0 Å². The molecule has 1 nitrogen and oxygen atoms in total. The maximum absolute atomic E-state index is 3.58. The topological polar surface area (TPSA) is 12.0 Å². The molecule has 2 rings (SSSR count). The van der Waals surface area contributed by atoms with Gasteiger partial charge in [-0.1, -0.05) is 29.8 Å². The molecule has 88 valence electrons. The Morgan fingerprint density at radius 1 is 1.19 bits per heavy atom. The van der Waals surface area contributed by atoms with Crippen molar-refractivity contribution in [3.8, 4) is 0 Å². The van der Waals surface area contributed by atoms with Crippen molar-refractivity contribution < 1.29 is 0 Å². The Hall–Kier alpha value is -0.820. The summed E-state index contributed by atoms with van der Waals surface area (Å²) < 4.78 is 0. The summed E-state index contributed by atoms with van der Waals surface area (Å²) in [6.07, 6.45) is 5.32. The standard InChI is InChI=1S/C15H23N/c1-12-3-6-14(7-4-12)9-10-15-8-5-13(2)16-11-15/h3-4,6-7,13,15-16H,5,8-11H2,1-2H3. The van der Waals surface area contributed by atoms with Gasteiger partial charge in [0.1, 0.15) is 0 Å². The fourth-order valence-electron chi connectivity index (χ4n) is 2.43. The van der Waals surface area contributed by atoms with Crippen LogP contribution >= 0.6 is 0 Å². The molecule has 1 heterocycles. The van der Waals surface area contributed by atoms with Gasteiger partial charge < -0.3 is 5.32 Å². The van der Waals surface area contributed by atoms with Crippen LogP contribution < -0.4 is 5.32 Å². The minimum Gasteiger partial charge on any atom is -0.314 e. The molecule has 1 N–H and O–H groups in total. The van der Waals surface area contributed by atoms with Crippen molar-refractivity contribution in [2.45, 2.75) is 45.6 Å².